The summed E-state index contributed by atoms with van der Waals surface area (Å²) in [7, 11) is 2.02. The Hall–Kier alpha value is -1.55. The maximum atomic E-state index is 4.35. The minimum atomic E-state index is 0.800. The van der Waals surface area contributed by atoms with Crippen molar-refractivity contribution >= 4 is 26.8 Å². The van der Waals surface area contributed by atoms with Crippen LogP contribution < -0.4 is 0 Å². The zero-order valence-electron chi connectivity index (χ0n) is 9.47. The van der Waals surface area contributed by atoms with Gasteiger partial charge in [0, 0.05) is 41.0 Å². The van der Waals surface area contributed by atoms with Crippen molar-refractivity contribution in [3.05, 3.63) is 53.2 Å². The Bertz CT molecular complexity index is 666. The Morgan fingerprint density at radius 1 is 1.24 bits per heavy atom. The number of rotatable bonds is 2. The lowest BCUT2D eigenvalue weighted by Gasteiger charge is -2.05. The van der Waals surface area contributed by atoms with Gasteiger partial charge in [0.2, 0.25) is 0 Å². The van der Waals surface area contributed by atoms with Crippen molar-refractivity contribution in [1.82, 2.24) is 14.1 Å². The summed E-state index contributed by atoms with van der Waals surface area (Å²) in [4.78, 5) is 4.35. The highest BCUT2D eigenvalue weighted by Gasteiger charge is 2.04. The van der Waals surface area contributed by atoms with E-state index in [0.29, 0.717) is 0 Å². The molecule has 0 amide bonds. The van der Waals surface area contributed by atoms with Gasteiger partial charge < -0.3 is 9.13 Å². The number of hydrogen-bond donors (Lipinski definition) is 0. The number of fused-ring (bicyclic) bond motifs is 1. The van der Waals surface area contributed by atoms with Crippen molar-refractivity contribution in [1.29, 1.82) is 0 Å². The van der Waals surface area contributed by atoms with Gasteiger partial charge in [0.25, 0.3) is 0 Å². The lowest BCUT2D eigenvalue weighted by atomic mass is 10.2. The van der Waals surface area contributed by atoms with Crippen LogP contribution in [-0.4, -0.2) is 14.1 Å². The van der Waals surface area contributed by atoms with Crippen LogP contribution in [0.1, 0.15) is 5.82 Å². The summed E-state index contributed by atoms with van der Waals surface area (Å²) in [5, 5.41) is 1.24. The molecule has 3 rings (SSSR count). The first-order valence-electron chi connectivity index (χ1n) is 5.44. The van der Waals surface area contributed by atoms with E-state index in [9.17, 15) is 0 Å². The molecular formula is C13H12BrN3. The van der Waals surface area contributed by atoms with E-state index in [1.54, 1.807) is 0 Å². The van der Waals surface area contributed by atoms with Crippen molar-refractivity contribution in [3.63, 3.8) is 0 Å². The van der Waals surface area contributed by atoms with Crippen LogP contribution >= 0.6 is 15.9 Å². The molecule has 2 aromatic heterocycles. The first-order valence-corrected chi connectivity index (χ1v) is 6.24. The van der Waals surface area contributed by atoms with Gasteiger partial charge in [-0.05, 0) is 24.3 Å². The molecule has 0 N–H and O–H groups in total. The van der Waals surface area contributed by atoms with Crippen LogP contribution in [0.4, 0.5) is 0 Å². The molecule has 3 nitrogen and oxygen atoms in total. The Kier molecular flexibility index (Phi) is 2.52. The van der Waals surface area contributed by atoms with E-state index in [-0.39, 0.29) is 0 Å². The topological polar surface area (TPSA) is 22.8 Å². The van der Waals surface area contributed by atoms with Gasteiger partial charge in [-0.2, -0.15) is 0 Å². The SMILES string of the molecule is Cn1ccnc1Cn1ccc2cc(Br)ccc21. The average Bonchev–Trinajstić information content (AvgIpc) is 2.87. The smallest absolute Gasteiger partial charge is 0.128 e. The van der Waals surface area contributed by atoms with E-state index in [1.165, 1.54) is 10.9 Å². The Morgan fingerprint density at radius 2 is 2.12 bits per heavy atom. The number of halogens is 1. The molecule has 0 unspecified atom stereocenters. The number of benzene rings is 1. The lowest BCUT2D eigenvalue weighted by molar-refractivity contribution is 0.718. The quantitative estimate of drug-likeness (QED) is 0.710. The third-order valence-electron chi connectivity index (χ3n) is 2.97. The molecule has 0 fully saturated rings. The summed E-state index contributed by atoms with van der Waals surface area (Å²) in [5.74, 6) is 1.06. The highest BCUT2D eigenvalue weighted by molar-refractivity contribution is 9.10. The number of nitrogens with zero attached hydrogens (tertiary/aromatic N) is 3. The second-order valence-electron chi connectivity index (χ2n) is 4.10. The average molecular weight is 290 g/mol. The van der Waals surface area contributed by atoms with Crippen LogP contribution in [0.2, 0.25) is 0 Å². The summed E-state index contributed by atoms with van der Waals surface area (Å²) >= 11 is 3.49. The van der Waals surface area contributed by atoms with E-state index in [4.69, 9.17) is 0 Å². The molecule has 0 spiro atoms. The van der Waals surface area contributed by atoms with Gasteiger partial charge in [-0.1, -0.05) is 15.9 Å². The third-order valence-corrected chi connectivity index (χ3v) is 3.46. The molecule has 0 saturated heterocycles. The Balaban J connectivity index is 2.04. The molecule has 0 aliphatic heterocycles. The molecule has 3 aromatic rings. The van der Waals surface area contributed by atoms with Crippen molar-refractivity contribution in [2.24, 2.45) is 7.05 Å². The fourth-order valence-corrected chi connectivity index (χ4v) is 2.39. The number of aromatic nitrogens is 3. The number of aryl methyl sites for hydroxylation is 1. The molecular weight excluding hydrogens is 278 g/mol. The fraction of sp³-hybridized carbons (Fsp3) is 0.154. The van der Waals surface area contributed by atoms with Crippen LogP contribution in [0.5, 0.6) is 0 Å². The van der Waals surface area contributed by atoms with Crippen molar-refractivity contribution in [2.75, 3.05) is 0 Å². The first-order chi connectivity index (χ1) is 8.24. The maximum absolute atomic E-state index is 4.35. The molecule has 2 heterocycles. The predicted octanol–water partition coefficient (Wildman–Crippen LogP) is 3.19. The second-order valence-corrected chi connectivity index (χ2v) is 5.02. The normalized spacial score (nSPS) is 11.2. The monoisotopic (exact) mass is 289 g/mol. The van der Waals surface area contributed by atoms with Crippen LogP contribution in [-0.2, 0) is 13.6 Å². The molecule has 0 bridgehead atoms. The zero-order valence-corrected chi connectivity index (χ0v) is 11.1. The maximum Gasteiger partial charge on any atom is 0.128 e. The minimum Gasteiger partial charge on any atom is -0.340 e. The summed E-state index contributed by atoms with van der Waals surface area (Å²) in [6, 6.07) is 8.45. The standard InChI is InChI=1S/C13H12BrN3/c1-16-7-5-15-13(16)9-17-6-4-10-8-11(14)2-3-12(10)17/h2-8H,9H2,1H3. The van der Waals surface area contributed by atoms with Gasteiger partial charge in [-0.15, -0.1) is 0 Å². The lowest BCUT2D eigenvalue weighted by Crippen LogP contribution is -2.04. The van der Waals surface area contributed by atoms with Crippen LogP contribution in [0.15, 0.2) is 47.3 Å². The van der Waals surface area contributed by atoms with Crippen molar-refractivity contribution in [2.45, 2.75) is 6.54 Å². The fourth-order valence-electron chi connectivity index (χ4n) is 2.01. The van der Waals surface area contributed by atoms with E-state index in [2.05, 4.69) is 55.9 Å². The molecule has 86 valence electrons. The molecule has 17 heavy (non-hydrogen) atoms. The van der Waals surface area contributed by atoms with Gasteiger partial charge in [0.1, 0.15) is 5.82 Å². The predicted molar refractivity (Wildman–Crippen MR) is 71.9 cm³/mol. The molecule has 0 saturated carbocycles. The molecule has 0 aliphatic rings. The zero-order chi connectivity index (χ0) is 11.8. The molecule has 4 heteroatoms. The van der Waals surface area contributed by atoms with E-state index >= 15 is 0 Å². The summed E-state index contributed by atoms with van der Waals surface area (Å²) < 4.78 is 5.37. The summed E-state index contributed by atoms with van der Waals surface area (Å²) in [6.45, 7) is 0.800. The van der Waals surface area contributed by atoms with E-state index in [1.807, 2.05) is 24.0 Å². The van der Waals surface area contributed by atoms with Crippen LogP contribution in [0, 0.1) is 0 Å². The van der Waals surface area contributed by atoms with Gasteiger partial charge >= 0.3 is 0 Å². The van der Waals surface area contributed by atoms with Gasteiger partial charge in [-0.3, -0.25) is 0 Å². The number of hydrogen-bond acceptors (Lipinski definition) is 1. The van der Waals surface area contributed by atoms with Crippen molar-refractivity contribution < 1.29 is 0 Å². The number of imidazole rings is 1. The van der Waals surface area contributed by atoms with Gasteiger partial charge in [-0.25, -0.2) is 4.98 Å². The molecule has 0 radical (unpaired) electrons. The van der Waals surface area contributed by atoms with Crippen LogP contribution in [0.25, 0.3) is 10.9 Å². The van der Waals surface area contributed by atoms with Gasteiger partial charge in [0.05, 0.1) is 6.54 Å². The van der Waals surface area contributed by atoms with E-state index in [0.717, 1.165) is 16.8 Å². The van der Waals surface area contributed by atoms with Crippen molar-refractivity contribution in [3.8, 4) is 0 Å². The minimum absolute atomic E-state index is 0.800. The third kappa shape index (κ3) is 1.89. The summed E-state index contributed by atoms with van der Waals surface area (Å²) in [5.41, 5.74) is 1.23. The largest absolute Gasteiger partial charge is 0.340 e. The molecule has 0 aliphatic carbocycles. The highest BCUT2D eigenvalue weighted by Crippen LogP contribution is 2.21. The molecule has 0 atom stereocenters. The molecule has 1 aromatic carbocycles. The summed E-state index contributed by atoms with van der Waals surface area (Å²) in [6.07, 6.45) is 5.90. The first kappa shape index (κ1) is 10.6. The Morgan fingerprint density at radius 3 is 2.88 bits per heavy atom. The van der Waals surface area contributed by atoms with Crippen LogP contribution in [0.3, 0.4) is 0 Å². The Labute approximate surface area is 108 Å². The highest BCUT2D eigenvalue weighted by atomic mass is 79.9. The van der Waals surface area contributed by atoms with E-state index < -0.39 is 0 Å². The van der Waals surface area contributed by atoms with Gasteiger partial charge in [0.15, 0.2) is 0 Å². The second kappa shape index (κ2) is 4.04.